The Balaban J connectivity index is 1.62. The van der Waals surface area contributed by atoms with Crippen LogP contribution in [0.5, 0.6) is 0 Å². The Labute approximate surface area is 167 Å². The van der Waals surface area contributed by atoms with E-state index in [-0.39, 0.29) is 37.0 Å². The minimum absolute atomic E-state index is 0.114. The minimum atomic E-state index is -0.382. The summed E-state index contributed by atoms with van der Waals surface area (Å²) in [6, 6.07) is 7.51. The fourth-order valence-corrected chi connectivity index (χ4v) is 4.47. The molecule has 3 atom stereocenters. The number of carbonyl (C=O) groups is 2. The van der Waals surface area contributed by atoms with Crippen LogP contribution in [0.4, 0.5) is 10.5 Å². The van der Waals surface area contributed by atoms with Crippen LogP contribution in [0.3, 0.4) is 0 Å². The molecule has 146 valence electrons. The number of nitrogens with zero attached hydrogens (tertiary/aromatic N) is 4. The monoisotopic (exact) mass is 437 g/mol. The van der Waals surface area contributed by atoms with Crippen LogP contribution in [0, 0.1) is 0 Å². The van der Waals surface area contributed by atoms with E-state index >= 15 is 0 Å². The number of ether oxygens (including phenoxy) is 1. The van der Waals surface area contributed by atoms with Crippen LogP contribution < -0.4 is 10.2 Å². The molecule has 3 amide bonds. The highest BCUT2D eigenvalue weighted by atomic mass is 79.9. The molecule has 0 spiro atoms. The number of hydrogen-bond acceptors (Lipinski definition) is 6. The van der Waals surface area contributed by atoms with Gasteiger partial charge in [0.15, 0.2) is 0 Å². The Morgan fingerprint density at radius 3 is 2.67 bits per heavy atom. The van der Waals surface area contributed by atoms with Crippen molar-refractivity contribution in [3.05, 3.63) is 28.7 Å². The second-order valence-corrected chi connectivity index (χ2v) is 7.98. The fourth-order valence-electron chi connectivity index (χ4n) is 4.20. The SMILES string of the molecule is COCCN1C(=O)C2C(NC3N(c4ccc(Br)cc4)CCCN23)N(C)C1=O. The van der Waals surface area contributed by atoms with E-state index in [4.69, 9.17) is 4.74 Å². The molecule has 3 fully saturated rings. The smallest absolute Gasteiger partial charge is 0.327 e. The predicted octanol–water partition coefficient (Wildman–Crippen LogP) is 1.08. The number of anilines is 1. The molecule has 3 aliphatic rings. The molecule has 1 aromatic carbocycles. The van der Waals surface area contributed by atoms with Crippen molar-refractivity contribution in [1.82, 2.24) is 20.0 Å². The average molecular weight is 438 g/mol. The Kier molecular flexibility index (Phi) is 5.11. The maximum atomic E-state index is 13.1. The first-order chi connectivity index (χ1) is 13.0. The number of nitrogens with one attached hydrogen (secondary N) is 1. The van der Waals surface area contributed by atoms with Crippen molar-refractivity contribution >= 4 is 33.6 Å². The van der Waals surface area contributed by atoms with E-state index < -0.39 is 0 Å². The maximum absolute atomic E-state index is 13.1. The highest BCUT2D eigenvalue weighted by Gasteiger charge is 2.55. The molecule has 3 heterocycles. The van der Waals surface area contributed by atoms with Gasteiger partial charge in [0.05, 0.1) is 13.2 Å². The lowest BCUT2D eigenvalue weighted by Gasteiger charge is -2.43. The van der Waals surface area contributed by atoms with Crippen LogP contribution >= 0.6 is 15.9 Å². The topological polar surface area (TPSA) is 68.4 Å². The molecule has 0 saturated carbocycles. The molecule has 3 aliphatic heterocycles. The number of urea groups is 1. The molecule has 4 rings (SSSR count). The summed E-state index contributed by atoms with van der Waals surface area (Å²) in [6.45, 7) is 2.33. The van der Waals surface area contributed by atoms with Crippen molar-refractivity contribution in [3.8, 4) is 0 Å². The molecular weight excluding hydrogens is 414 g/mol. The Hall–Kier alpha value is -1.68. The van der Waals surface area contributed by atoms with E-state index in [9.17, 15) is 9.59 Å². The first-order valence-corrected chi connectivity index (χ1v) is 9.93. The number of benzene rings is 1. The van der Waals surface area contributed by atoms with E-state index in [2.05, 4.69) is 43.2 Å². The zero-order valence-electron chi connectivity index (χ0n) is 15.5. The zero-order chi connectivity index (χ0) is 19.1. The van der Waals surface area contributed by atoms with Crippen LogP contribution in [-0.2, 0) is 9.53 Å². The average Bonchev–Trinajstić information content (AvgIpc) is 3.07. The van der Waals surface area contributed by atoms with Crippen molar-refractivity contribution in [2.45, 2.75) is 24.9 Å². The number of amides is 3. The molecule has 3 unspecified atom stereocenters. The number of halogens is 1. The first-order valence-electron chi connectivity index (χ1n) is 9.14. The third-order valence-electron chi connectivity index (χ3n) is 5.55. The lowest BCUT2D eigenvalue weighted by atomic mass is 10.1. The Morgan fingerprint density at radius 2 is 1.96 bits per heavy atom. The van der Waals surface area contributed by atoms with Crippen molar-refractivity contribution in [3.63, 3.8) is 0 Å². The van der Waals surface area contributed by atoms with Gasteiger partial charge in [-0.15, -0.1) is 0 Å². The summed E-state index contributed by atoms with van der Waals surface area (Å²) in [5.41, 5.74) is 1.09. The summed E-state index contributed by atoms with van der Waals surface area (Å²) < 4.78 is 6.10. The first kappa shape index (κ1) is 18.7. The summed E-state index contributed by atoms with van der Waals surface area (Å²) in [7, 11) is 3.32. The third kappa shape index (κ3) is 3.12. The van der Waals surface area contributed by atoms with Crippen LogP contribution in [0.15, 0.2) is 28.7 Å². The number of imide groups is 1. The minimum Gasteiger partial charge on any atom is -0.383 e. The number of fused-ring (bicyclic) bond motifs is 3. The standard InChI is InChI=1S/C18H24BrN5O3/c1-21-15-14(16(25)24(18(21)26)10-11-27-2)23-9-3-8-22(17(23)20-15)13-6-4-12(19)5-7-13/h4-7,14-15,17,20H,3,8-11H2,1-2H3. The highest BCUT2D eigenvalue weighted by molar-refractivity contribution is 9.10. The molecule has 0 aliphatic carbocycles. The second-order valence-electron chi connectivity index (χ2n) is 7.07. The van der Waals surface area contributed by atoms with Crippen molar-refractivity contribution in [2.24, 2.45) is 0 Å². The van der Waals surface area contributed by atoms with Gasteiger partial charge in [-0.25, -0.2) is 4.79 Å². The number of carbonyl (C=O) groups excluding carboxylic acids is 2. The van der Waals surface area contributed by atoms with Crippen molar-refractivity contribution in [2.75, 3.05) is 45.3 Å². The molecule has 1 N–H and O–H groups in total. The Morgan fingerprint density at radius 1 is 1.22 bits per heavy atom. The normalized spacial score (nSPS) is 28.6. The summed E-state index contributed by atoms with van der Waals surface area (Å²) >= 11 is 3.48. The van der Waals surface area contributed by atoms with E-state index in [0.29, 0.717) is 6.61 Å². The van der Waals surface area contributed by atoms with Crippen LogP contribution in [0.2, 0.25) is 0 Å². The second kappa shape index (κ2) is 7.38. The van der Waals surface area contributed by atoms with E-state index in [1.54, 1.807) is 19.1 Å². The largest absolute Gasteiger partial charge is 0.383 e. The van der Waals surface area contributed by atoms with Crippen LogP contribution in [0.25, 0.3) is 0 Å². The van der Waals surface area contributed by atoms with Crippen molar-refractivity contribution in [1.29, 1.82) is 0 Å². The Bertz CT molecular complexity index is 730. The molecule has 1 aromatic rings. The van der Waals surface area contributed by atoms with Crippen molar-refractivity contribution < 1.29 is 14.3 Å². The van der Waals surface area contributed by atoms with Crippen LogP contribution in [-0.4, -0.2) is 85.5 Å². The summed E-state index contributed by atoms with van der Waals surface area (Å²) in [6.07, 6.45) is 0.516. The van der Waals surface area contributed by atoms with Gasteiger partial charge in [-0.05, 0) is 30.7 Å². The van der Waals surface area contributed by atoms with Gasteiger partial charge in [-0.2, -0.15) is 0 Å². The number of likely N-dealkylation sites (N-methyl/N-ethyl adjacent to an activating group) is 1. The third-order valence-corrected chi connectivity index (χ3v) is 6.08. The van der Waals surface area contributed by atoms with Gasteiger partial charge in [0.25, 0.3) is 5.91 Å². The van der Waals surface area contributed by atoms with E-state index in [1.165, 1.54) is 4.90 Å². The lowest BCUT2D eigenvalue weighted by Crippen LogP contribution is -2.66. The molecule has 3 saturated heterocycles. The molecule has 9 heteroatoms. The molecular formula is C18H24BrN5O3. The van der Waals surface area contributed by atoms with Crippen LogP contribution in [0.1, 0.15) is 6.42 Å². The summed E-state index contributed by atoms with van der Waals surface area (Å²) in [5.74, 6) is -0.146. The summed E-state index contributed by atoms with van der Waals surface area (Å²) in [4.78, 5) is 33.2. The maximum Gasteiger partial charge on any atom is 0.327 e. The van der Waals surface area contributed by atoms with E-state index in [0.717, 1.165) is 29.7 Å². The van der Waals surface area contributed by atoms with Gasteiger partial charge in [-0.3, -0.25) is 19.9 Å². The van der Waals surface area contributed by atoms with Gasteiger partial charge in [0, 0.05) is 37.4 Å². The van der Waals surface area contributed by atoms with E-state index in [1.807, 2.05) is 12.1 Å². The fraction of sp³-hybridized carbons (Fsp3) is 0.556. The summed E-state index contributed by atoms with van der Waals surface area (Å²) in [5, 5.41) is 3.51. The number of hydrogen-bond donors (Lipinski definition) is 1. The van der Waals surface area contributed by atoms with Gasteiger partial charge >= 0.3 is 6.03 Å². The molecule has 0 radical (unpaired) electrons. The quantitative estimate of drug-likeness (QED) is 0.759. The molecule has 8 nitrogen and oxygen atoms in total. The van der Waals surface area contributed by atoms with Gasteiger partial charge in [0.2, 0.25) is 0 Å². The molecule has 0 aromatic heterocycles. The van der Waals surface area contributed by atoms with Gasteiger partial charge < -0.3 is 14.5 Å². The zero-order valence-corrected chi connectivity index (χ0v) is 17.1. The molecule has 27 heavy (non-hydrogen) atoms. The highest BCUT2D eigenvalue weighted by Crippen LogP contribution is 2.33. The van der Waals surface area contributed by atoms with Gasteiger partial charge in [0.1, 0.15) is 18.5 Å². The lowest BCUT2D eigenvalue weighted by molar-refractivity contribution is -0.139. The van der Waals surface area contributed by atoms with Gasteiger partial charge in [-0.1, -0.05) is 15.9 Å². The number of rotatable bonds is 4. The predicted molar refractivity (Wildman–Crippen MR) is 104 cm³/mol. The molecule has 0 bridgehead atoms. The number of methoxy groups -OCH3 is 1.